The van der Waals surface area contributed by atoms with Crippen LogP contribution >= 0.6 is 0 Å². The van der Waals surface area contributed by atoms with E-state index in [0.29, 0.717) is 17.7 Å². The Morgan fingerprint density at radius 3 is 2.71 bits per heavy atom. The van der Waals surface area contributed by atoms with Crippen LogP contribution in [0.3, 0.4) is 0 Å². The van der Waals surface area contributed by atoms with Crippen molar-refractivity contribution in [2.45, 2.75) is 13.5 Å². The molecule has 3 nitrogen and oxygen atoms in total. The van der Waals surface area contributed by atoms with Crippen molar-refractivity contribution in [1.29, 1.82) is 0 Å². The summed E-state index contributed by atoms with van der Waals surface area (Å²) in [7, 11) is 0. The third kappa shape index (κ3) is 2.57. The summed E-state index contributed by atoms with van der Waals surface area (Å²) < 4.78 is 0. The fraction of sp³-hybridized carbons (Fsp3) is 0.143. The number of pyridine rings is 1. The van der Waals surface area contributed by atoms with Crippen molar-refractivity contribution in [3.63, 3.8) is 0 Å². The Kier molecular flexibility index (Phi) is 3.30. The van der Waals surface area contributed by atoms with Crippen molar-refractivity contribution in [1.82, 2.24) is 4.98 Å². The van der Waals surface area contributed by atoms with Gasteiger partial charge in [-0.3, -0.25) is 9.78 Å². The summed E-state index contributed by atoms with van der Waals surface area (Å²) in [5.74, 6) is 0.00537. The lowest BCUT2D eigenvalue weighted by molar-refractivity contribution is 0.103. The van der Waals surface area contributed by atoms with Gasteiger partial charge in [-0.25, -0.2) is 0 Å². The fourth-order valence-electron chi connectivity index (χ4n) is 1.68. The first kappa shape index (κ1) is 11.5. The summed E-state index contributed by atoms with van der Waals surface area (Å²) in [5, 5.41) is 0. The quantitative estimate of drug-likeness (QED) is 0.815. The molecule has 1 aromatic heterocycles. The molecule has 1 aromatic carbocycles. The molecule has 0 aliphatic rings. The molecule has 2 rings (SSSR count). The van der Waals surface area contributed by atoms with Gasteiger partial charge in [-0.15, -0.1) is 0 Å². The van der Waals surface area contributed by atoms with Gasteiger partial charge in [0.1, 0.15) is 0 Å². The summed E-state index contributed by atoms with van der Waals surface area (Å²) in [4.78, 5) is 16.3. The number of carbonyl (C=O) groups is 1. The van der Waals surface area contributed by atoms with Gasteiger partial charge in [0.15, 0.2) is 5.78 Å². The summed E-state index contributed by atoms with van der Waals surface area (Å²) in [5.41, 5.74) is 8.63. The van der Waals surface area contributed by atoms with Crippen LogP contribution in [-0.4, -0.2) is 10.8 Å². The lowest BCUT2D eigenvalue weighted by atomic mass is 10.0. The van der Waals surface area contributed by atoms with Crippen LogP contribution in [0.25, 0.3) is 0 Å². The van der Waals surface area contributed by atoms with Crippen LogP contribution in [0.5, 0.6) is 0 Å². The highest BCUT2D eigenvalue weighted by Gasteiger charge is 2.09. The number of nitrogens with zero attached hydrogens (tertiary/aromatic N) is 1. The van der Waals surface area contributed by atoms with Gasteiger partial charge in [0, 0.05) is 23.9 Å². The third-order valence-corrected chi connectivity index (χ3v) is 2.57. The summed E-state index contributed by atoms with van der Waals surface area (Å²) in [6.45, 7) is 2.31. The maximum Gasteiger partial charge on any atom is 0.193 e. The lowest BCUT2D eigenvalue weighted by Gasteiger charge is -2.03. The van der Waals surface area contributed by atoms with Crippen molar-refractivity contribution in [2.75, 3.05) is 0 Å². The maximum atomic E-state index is 12.2. The number of carbonyl (C=O) groups excluding carboxylic acids is 1. The molecule has 0 radical (unpaired) electrons. The van der Waals surface area contributed by atoms with Crippen molar-refractivity contribution in [2.24, 2.45) is 5.73 Å². The van der Waals surface area contributed by atoms with Crippen molar-refractivity contribution >= 4 is 5.78 Å². The Morgan fingerprint density at radius 1 is 1.24 bits per heavy atom. The minimum Gasteiger partial charge on any atom is -0.325 e. The standard InChI is InChI=1S/C14H14N2O/c1-10-3-2-4-11(7-10)14(17)12-5-6-16-13(8-12)9-15/h2-8H,9,15H2,1H3. The van der Waals surface area contributed by atoms with Crippen LogP contribution in [0.1, 0.15) is 27.2 Å². The zero-order valence-electron chi connectivity index (χ0n) is 9.68. The van der Waals surface area contributed by atoms with Gasteiger partial charge in [0.05, 0.1) is 5.69 Å². The van der Waals surface area contributed by atoms with E-state index in [2.05, 4.69) is 4.98 Å². The Morgan fingerprint density at radius 2 is 2.00 bits per heavy atom. The number of aromatic nitrogens is 1. The number of benzene rings is 1. The van der Waals surface area contributed by atoms with Crippen LogP contribution in [0.4, 0.5) is 0 Å². The predicted octanol–water partition coefficient (Wildman–Crippen LogP) is 2.08. The fourth-order valence-corrected chi connectivity index (χ4v) is 1.68. The maximum absolute atomic E-state index is 12.2. The monoisotopic (exact) mass is 226 g/mol. The Bertz CT molecular complexity index is 549. The van der Waals surface area contributed by atoms with Gasteiger partial charge in [0.25, 0.3) is 0 Å². The highest BCUT2D eigenvalue weighted by molar-refractivity contribution is 6.09. The largest absolute Gasteiger partial charge is 0.325 e. The SMILES string of the molecule is Cc1cccc(C(=O)c2ccnc(CN)c2)c1. The molecule has 0 saturated heterocycles. The van der Waals surface area contributed by atoms with Crippen molar-refractivity contribution < 1.29 is 4.79 Å². The molecule has 0 fully saturated rings. The highest BCUT2D eigenvalue weighted by atomic mass is 16.1. The Labute approximate surface area is 100 Å². The van der Waals surface area contributed by atoms with Crippen molar-refractivity contribution in [3.05, 3.63) is 65.0 Å². The number of aryl methyl sites for hydroxylation is 1. The van der Waals surface area contributed by atoms with E-state index in [1.165, 1.54) is 0 Å². The minimum absolute atomic E-state index is 0.00537. The topological polar surface area (TPSA) is 56.0 Å². The second-order valence-electron chi connectivity index (χ2n) is 3.94. The molecule has 2 aromatic rings. The molecule has 3 heteroatoms. The summed E-state index contributed by atoms with van der Waals surface area (Å²) in [6, 6.07) is 11.0. The van der Waals surface area contributed by atoms with E-state index in [1.54, 1.807) is 18.3 Å². The number of hydrogen-bond donors (Lipinski definition) is 1. The second-order valence-corrected chi connectivity index (χ2v) is 3.94. The average Bonchev–Trinajstić information content (AvgIpc) is 2.38. The van der Waals surface area contributed by atoms with E-state index < -0.39 is 0 Å². The van der Waals surface area contributed by atoms with E-state index in [9.17, 15) is 4.79 Å². The minimum atomic E-state index is 0.00537. The molecular weight excluding hydrogens is 212 g/mol. The zero-order valence-corrected chi connectivity index (χ0v) is 9.68. The van der Waals surface area contributed by atoms with Crippen molar-refractivity contribution in [3.8, 4) is 0 Å². The van der Waals surface area contributed by atoms with Gasteiger partial charge in [-0.1, -0.05) is 23.8 Å². The van der Waals surface area contributed by atoms with Crippen LogP contribution in [0.2, 0.25) is 0 Å². The molecule has 0 amide bonds. The highest BCUT2D eigenvalue weighted by Crippen LogP contribution is 2.11. The summed E-state index contributed by atoms with van der Waals surface area (Å²) >= 11 is 0. The Balaban J connectivity index is 2.36. The summed E-state index contributed by atoms with van der Waals surface area (Å²) in [6.07, 6.45) is 1.62. The van der Waals surface area contributed by atoms with Gasteiger partial charge in [-0.05, 0) is 25.1 Å². The third-order valence-electron chi connectivity index (χ3n) is 2.57. The molecule has 0 aliphatic carbocycles. The van der Waals surface area contributed by atoms with E-state index in [-0.39, 0.29) is 5.78 Å². The average molecular weight is 226 g/mol. The molecule has 2 N–H and O–H groups in total. The number of ketones is 1. The molecule has 17 heavy (non-hydrogen) atoms. The van der Waals surface area contributed by atoms with E-state index in [0.717, 1.165) is 11.3 Å². The van der Waals surface area contributed by atoms with Gasteiger partial charge >= 0.3 is 0 Å². The second kappa shape index (κ2) is 4.89. The van der Waals surface area contributed by atoms with E-state index in [1.807, 2.05) is 31.2 Å². The molecule has 0 aliphatic heterocycles. The first-order valence-electron chi connectivity index (χ1n) is 5.47. The van der Waals surface area contributed by atoms with Crippen LogP contribution in [0.15, 0.2) is 42.6 Å². The molecule has 0 atom stereocenters. The molecule has 0 unspecified atom stereocenters. The predicted molar refractivity (Wildman–Crippen MR) is 66.7 cm³/mol. The van der Waals surface area contributed by atoms with E-state index >= 15 is 0 Å². The molecule has 1 heterocycles. The first-order chi connectivity index (χ1) is 8.20. The lowest BCUT2D eigenvalue weighted by Crippen LogP contribution is -2.05. The number of rotatable bonds is 3. The first-order valence-corrected chi connectivity index (χ1v) is 5.47. The van der Waals surface area contributed by atoms with Gasteiger partial charge in [-0.2, -0.15) is 0 Å². The van der Waals surface area contributed by atoms with E-state index in [4.69, 9.17) is 5.73 Å². The molecular formula is C14H14N2O. The van der Waals surface area contributed by atoms with Crippen LogP contribution in [0, 0.1) is 6.92 Å². The van der Waals surface area contributed by atoms with Crippen LogP contribution < -0.4 is 5.73 Å². The molecule has 0 spiro atoms. The van der Waals surface area contributed by atoms with Gasteiger partial charge < -0.3 is 5.73 Å². The van der Waals surface area contributed by atoms with Crippen LogP contribution in [-0.2, 0) is 6.54 Å². The number of nitrogens with two attached hydrogens (primary N) is 1. The smallest absolute Gasteiger partial charge is 0.193 e. The normalized spacial score (nSPS) is 10.2. The molecule has 0 bridgehead atoms. The molecule has 0 saturated carbocycles. The zero-order chi connectivity index (χ0) is 12.3. The van der Waals surface area contributed by atoms with Gasteiger partial charge in [0.2, 0.25) is 0 Å². The molecule has 86 valence electrons. The Hall–Kier alpha value is -2.00. The number of hydrogen-bond acceptors (Lipinski definition) is 3.